The lowest BCUT2D eigenvalue weighted by atomic mass is 9.96. The van der Waals surface area contributed by atoms with Crippen molar-refractivity contribution in [3.8, 4) is 0 Å². The Bertz CT molecular complexity index is 863. The molecule has 3 aliphatic rings. The maximum atomic E-state index is 11.8. The third kappa shape index (κ3) is 8.89. The summed E-state index contributed by atoms with van der Waals surface area (Å²) in [7, 11) is 0. The highest BCUT2D eigenvalue weighted by molar-refractivity contribution is 5.73. The van der Waals surface area contributed by atoms with Crippen LogP contribution in [0.15, 0.2) is 0 Å². The van der Waals surface area contributed by atoms with Gasteiger partial charge in [-0.2, -0.15) is 0 Å². The summed E-state index contributed by atoms with van der Waals surface area (Å²) in [4.78, 5) is 11.8. The number of aliphatic hydroxyl groups excluding tert-OH is 10. The number of rotatable bonds is 14. The molecule has 15 atom stereocenters. The number of aliphatic hydroxyl groups is 10. The van der Waals surface area contributed by atoms with E-state index in [-0.39, 0.29) is 13.2 Å². The molecule has 3 fully saturated rings. The van der Waals surface area contributed by atoms with Gasteiger partial charge >= 0.3 is 6.03 Å². The van der Waals surface area contributed by atoms with Crippen LogP contribution in [0.1, 0.15) is 6.42 Å². The Kier molecular flexibility index (Phi) is 14.7. The Morgan fingerprint density at radius 2 is 1.07 bits per heavy atom. The quantitative estimate of drug-likeness (QED) is 0.0778. The van der Waals surface area contributed by atoms with Gasteiger partial charge in [0.25, 0.3) is 0 Å². The Hall–Kier alpha value is -1.41. The highest BCUT2D eigenvalue weighted by atomic mass is 16.8. The van der Waals surface area contributed by atoms with Gasteiger partial charge in [0.1, 0.15) is 73.2 Å². The van der Waals surface area contributed by atoms with Crippen LogP contribution in [-0.2, 0) is 28.4 Å². The average molecular weight is 648 g/mol. The number of nitrogens with one attached hydrogen (secondary N) is 2. The standard InChI is InChI=1S/C24H45N3O17/c25-2-1-3-26-24(38)27-4-5-39-21-17(36)19(13(32)10(7-29)40-21)44-23-18(37)20(14(33)11(8-30)42-23)43-22-16(35)15(34)12(31)9(6-28)41-22/h9-23,28-37H,1-8,25H2,(H2,26,27,38)/t9?,10?,11?,12-,13-,14-,15+,16?,17?,18?,19+,20+,21+,22-,23-/m1/s1. The van der Waals surface area contributed by atoms with Crippen LogP contribution >= 0.6 is 0 Å². The van der Waals surface area contributed by atoms with Gasteiger partial charge in [-0.25, -0.2) is 4.79 Å². The summed E-state index contributed by atoms with van der Waals surface area (Å²) in [6.07, 6.45) is -24.7. The fourth-order valence-corrected chi connectivity index (χ4v) is 4.87. The van der Waals surface area contributed by atoms with Crippen LogP contribution in [0, 0.1) is 0 Å². The van der Waals surface area contributed by atoms with Crippen molar-refractivity contribution in [2.24, 2.45) is 5.73 Å². The first-order chi connectivity index (χ1) is 21.0. The number of hydrogen-bond donors (Lipinski definition) is 13. The third-order valence-electron chi connectivity index (χ3n) is 7.41. The van der Waals surface area contributed by atoms with Gasteiger partial charge in [0, 0.05) is 13.1 Å². The van der Waals surface area contributed by atoms with Crippen LogP contribution in [0.25, 0.3) is 0 Å². The fraction of sp³-hybridized carbons (Fsp3) is 0.958. The zero-order chi connectivity index (χ0) is 32.6. The molecule has 3 saturated heterocycles. The second kappa shape index (κ2) is 17.5. The Morgan fingerprint density at radius 3 is 1.59 bits per heavy atom. The molecule has 0 aromatic heterocycles. The maximum absolute atomic E-state index is 11.8. The summed E-state index contributed by atoms with van der Waals surface area (Å²) in [6.45, 7) is -1.79. The summed E-state index contributed by atoms with van der Waals surface area (Å²) < 4.78 is 32.8. The van der Waals surface area contributed by atoms with Crippen molar-refractivity contribution >= 4 is 6.03 Å². The van der Waals surface area contributed by atoms with E-state index >= 15 is 0 Å². The average Bonchev–Trinajstić information content (AvgIpc) is 3.01. The smallest absolute Gasteiger partial charge is 0.314 e. The first-order valence-corrected chi connectivity index (χ1v) is 14.2. The van der Waals surface area contributed by atoms with Crippen molar-refractivity contribution in [1.29, 1.82) is 0 Å². The van der Waals surface area contributed by atoms with Gasteiger partial charge in [-0.3, -0.25) is 0 Å². The molecule has 0 aromatic rings. The normalized spacial score (nSPS) is 43.0. The molecule has 0 saturated carbocycles. The van der Waals surface area contributed by atoms with Crippen molar-refractivity contribution in [1.82, 2.24) is 10.6 Å². The molecule has 2 amide bonds. The monoisotopic (exact) mass is 647 g/mol. The lowest BCUT2D eigenvalue weighted by molar-refractivity contribution is -0.380. The highest BCUT2D eigenvalue weighted by Gasteiger charge is 2.53. The number of urea groups is 1. The molecule has 0 bridgehead atoms. The molecule has 3 aliphatic heterocycles. The zero-order valence-corrected chi connectivity index (χ0v) is 23.7. The minimum Gasteiger partial charge on any atom is -0.394 e. The molecular weight excluding hydrogens is 602 g/mol. The SMILES string of the molecule is NCCCNC(=O)NCCO[C@H]1OC(CO)[C@@H](O)[C@H](O[C@H]2OC(CO)[C@@H](O)[C@H](O[C@H]3OC(CO)[C@@H](O)[C@H](O)C3O)C2O)C1O. The summed E-state index contributed by atoms with van der Waals surface area (Å²) >= 11 is 0. The van der Waals surface area contributed by atoms with Crippen LogP contribution in [0.4, 0.5) is 4.79 Å². The largest absolute Gasteiger partial charge is 0.394 e. The molecule has 0 aliphatic carbocycles. The highest BCUT2D eigenvalue weighted by Crippen LogP contribution is 2.32. The Morgan fingerprint density at radius 1 is 0.614 bits per heavy atom. The minimum absolute atomic E-state index is 0.0175. The van der Waals surface area contributed by atoms with E-state index in [1.165, 1.54) is 0 Å². The van der Waals surface area contributed by atoms with Crippen LogP contribution in [-0.4, -0.2) is 195 Å². The van der Waals surface area contributed by atoms with Crippen molar-refractivity contribution < 1.29 is 84.3 Å². The summed E-state index contributed by atoms with van der Waals surface area (Å²) in [6, 6.07) is -0.485. The lowest BCUT2D eigenvalue weighted by Crippen LogP contribution is -2.67. The van der Waals surface area contributed by atoms with Gasteiger partial charge in [0.2, 0.25) is 0 Å². The number of ether oxygens (including phenoxy) is 6. The topological polar surface area (TPSA) is 325 Å². The van der Waals surface area contributed by atoms with Gasteiger partial charge in [-0.1, -0.05) is 0 Å². The zero-order valence-electron chi connectivity index (χ0n) is 23.7. The van der Waals surface area contributed by atoms with E-state index in [0.717, 1.165) is 0 Å². The molecule has 6 unspecified atom stereocenters. The summed E-state index contributed by atoms with van der Waals surface area (Å²) in [5.41, 5.74) is 5.37. The molecule has 14 N–H and O–H groups in total. The van der Waals surface area contributed by atoms with Crippen molar-refractivity contribution in [3.05, 3.63) is 0 Å². The maximum Gasteiger partial charge on any atom is 0.314 e. The van der Waals surface area contributed by atoms with E-state index in [1.54, 1.807) is 0 Å². The van der Waals surface area contributed by atoms with Gasteiger partial charge < -0.3 is 95.9 Å². The third-order valence-corrected chi connectivity index (χ3v) is 7.41. The first-order valence-electron chi connectivity index (χ1n) is 14.2. The van der Waals surface area contributed by atoms with Crippen molar-refractivity contribution in [2.75, 3.05) is 46.1 Å². The predicted octanol–water partition coefficient (Wildman–Crippen LogP) is -7.90. The lowest BCUT2D eigenvalue weighted by Gasteiger charge is -2.48. The molecule has 0 radical (unpaired) electrons. The second-order valence-corrected chi connectivity index (χ2v) is 10.5. The van der Waals surface area contributed by atoms with E-state index in [0.29, 0.717) is 19.5 Å². The van der Waals surface area contributed by atoms with Gasteiger partial charge in [-0.15, -0.1) is 0 Å². The minimum atomic E-state index is -1.95. The molecule has 258 valence electrons. The van der Waals surface area contributed by atoms with E-state index in [2.05, 4.69) is 10.6 Å². The van der Waals surface area contributed by atoms with Gasteiger partial charge in [0.15, 0.2) is 18.9 Å². The molecule has 44 heavy (non-hydrogen) atoms. The van der Waals surface area contributed by atoms with E-state index in [4.69, 9.17) is 34.2 Å². The number of carbonyl (C=O) groups is 1. The van der Waals surface area contributed by atoms with Crippen LogP contribution in [0.2, 0.25) is 0 Å². The molecule has 20 heteroatoms. The molecule has 3 rings (SSSR count). The fourth-order valence-electron chi connectivity index (χ4n) is 4.87. The van der Waals surface area contributed by atoms with E-state index in [1.807, 2.05) is 0 Å². The van der Waals surface area contributed by atoms with Crippen LogP contribution in [0.5, 0.6) is 0 Å². The van der Waals surface area contributed by atoms with Crippen molar-refractivity contribution in [3.63, 3.8) is 0 Å². The number of hydrogen-bond acceptors (Lipinski definition) is 18. The molecule has 0 aromatic carbocycles. The molecule has 3 heterocycles. The Balaban J connectivity index is 1.67. The van der Waals surface area contributed by atoms with Crippen LogP contribution in [0.3, 0.4) is 0 Å². The first kappa shape index (κ1) is 37.1. The number of amides is 2. The number of nitrogens with two attached hydrogens (primary N) is 1. The Labute approximate surface area is 251 Å². The van der Waals surface area contributed by atoms with E-state index in [9.17, 15) is 55.9 Å². The van der Waals surface area contributed by atoms with Crippen LogP contribution < -0.4 is 16.4 Å². The predicted molar refractivity (Wildman–Crippen MR) is 140 cm³/mol. The summed E-state index contributed by atoms with van der Waals surface area (Å²) in [5, 5.41) is 108. The number of carbonyl (C=O) groups excluding carboxylic acids is 1. The van der Waals surface area contributed by atoms with Gasteiger partial charge in [0.05, 0.1) is 26.4 Å². The molecular formula is C24H45N3O17. The second-order valence-electron chi connectivity index (χ2n) is 10.5. The molecule has 0 spiro atoms. The van der Waals surface area contributed by atoms with Gasteiger partial charge in [-0.05, 0) is 13.0 Å². The van der Waals surface area contributed by atoms with Crippen molar-refractivity contribution in [2.45, 2.75) is 98.5 Å². The summed E-state index contributed by atoms with van der Waals surface area (Å²) in [5.74, 6) is 0. The molecule has 20 nitrogen and oxygen atoms in total. The van der Waals surface area contributed by atoms with E-state index < -0.39 is 118 Å².